The van der Waals surface area contributed by atoms with Crippen LogP contribution < -0.4 is 10.1 Å². The van der Waals surface area contributed by atoms with Crippen LogP contribution in [0.2, 0.25) is 0 Å². The molecule has 2 heterocycles. The number of carbonyl (C=O) groups excluding carboxylic acids is 1. The van der Waals surface area contributed by atoms with Crippen LogP contribution in [0, 0.1) is 5.82 Å². The molecular formula is C21H16F4N6O2. The SMILES string of the molecule is O=C(Nc1cccc(OCCn2cccn2)c1)c1nnn(-c2ccc(F)cc2)c1C(F)(F)F. The number of nitrogens with one attached hydrogen (secondary N) is 1. The summed E-state index contributed by atoms with van der Waals surface area (Å²) in [5.74, 6) is -1.33. The van der Waals surface area contributed by atoms with Crippen LogP contribution in [0.4, 0.5) is 23.2 Å². The molecule has 0 aliphatic rings. The molecular weight excluding hydrogens is 444 g/mol. The molecule has 2 aromatic heterocycles. The summed E-state index contributed by atoms with van der Waals surface area (Å²) < 4.78 is 62.1. The molecule has 1 N–H and O–H groups in total. The van der Waals surface area contributed by atoms with Crippen LogP contribution in [0.3, 0.4) is 0 Å². The molecule has 4 rings (SSSR count). The Balaban J connectivity index is 1.52. The summed E-state index contributed by atoms with van der Waals surface area (Å²) in [7, 11) is 0. The number of hydrogen-bond donors (Lipinski definition) is 1. The van der Waals surface area contributed by atoms with Gasteiger partial charge in [-0.05, 0) is 42.5 Å². The first-order valence-corrected chi connectivity index (χ1v) is 9.62. The summed E-state index contributed by atoms with van der Waals surface area (Å²) >= 11 is 0. The minimum atomic E-state index is -4.94. The number of benzene rings is 2. The lowest BCUT2D eigenvalue weighted by atomic mass is 10.2. The lowest BCUT2D eigenvalue weighted by Crippen LogP contribution is -2.21. The maximum atomic E-state index is 13.7. The lowest BCUT2D eigenvalue weighted by molar-refractivity contribution is -0.143. The number of aromatic nitrogens is 5. The highest BCUT2D eigenvalue weighted by Crippen LogP contribution is 2.33. The van der Waals surface area contributed by atoms with Crippen molar-refractivity contribution in [1.29, 1.82) is 0 Å². The van der Waals surface area contributed by atoms with Crippen molar-refractivity contribution in [3.63, 3.8) is 0 Å². The maximum absolute atomic E-state index is 13.7. The van der Waals surface area contributed by atoms with E-state index in [1.807, 2.05) is 0 Å². The van der Waals surface area contributed by atoms with E-state index in [-0.39, 0.29) is 11.4 Å². The topological polar surface area (TPSA) is 86.9 Å². The molecule has 0 radical (unpaired) electrons. The second kappa shape index (κ2) is 9.10. The molecule has 0 spiro atoms. The molecule has 0 saturated heterocycles. The van der Waals surface area contributed by atoms with Gasteiger partial charge in [-0.15, -0.1) is 5.10 Å². The fourth-order valence-corrected chi connectivity index (χ4v) is 3.00. The normalized spacial score (nSPS) is 11.4. The zero-order chi connectivity index (χ0) is 23.4. The van der Waals surface area contributed by atoms with Crippen LogP contribution in [-0.4, -0.2) is 37.3 Å². The highest BCUT2D eigenvalue weighted by Gasteiger charge is 2.42. The summed E-state index contributed by atoms with van der Waals surface area (Å²) in [4.78, 5) is 12.6. The van der Waals surface area contributed by atoms with Crippen LogP contribution in [0.25, 0.3) is 5.69 Å². The van der Waals surface area contributed by atoms with E-state index in [4.69, 9.17) is 4.74 Å². The quantitative estimate of drug-likeness (QED) is 0.422. The van der Waals surface area contributed by atoms with Gasteiger partial charge in [-0.1, -0.05) is 11.3 Å². The Labute approximate surface area is 184 Å². The van der Waals surface area contributed by atoms with E-state index in [1.54, 1.807) is 35.3 Å². The Bertz CT molecular complexity index is 1240. The predicted octanol–water partition coefficient (Wildman–Crippen LogP) is 3.95. The van der Waals surface area contributed by atoms with Gasteiger partial charge in [-0.2, -0.15) is 18.3 Å². The van der Waals surface area contributed by atoms with Gasteiger partial charge in [0.2, 0.25) is 0 Å². The van der Waals surface area contributed by atoms with Crippen molar-refractivity contribution in [3.8, 4) is 11.4 Å². The molecule has 0 unspecified atom stereocenters. The predicted molar refractivity (Wildman–Crippen MR) is 108 cm³/mol. The summed E-state index contributed by atoms with van der Waals surface area (Å²) in [6, 6.07) is 12.1. The van der Waals surface area contributed by atoms with E-state index in [0.29, 0.717) is 23.6 Å². The van der Waals surface area contributed by atoms with Gasteiger partial charge in [0, 0.05) is 24.1 Å². The zero-order valence-electron chi connectivity index (χ0n) is 16.8. The molecule has 170 valence electrons. The van der Waals surface area contributed by atoms with Crippen LogP contribution in [0.1, 0.15) is 16.2 Å². The van der Waals surface area contributed by atoms with E-state index in [2.05, 4.69) is 20.7 Å². The molecule has 8 nitrogen and oxygen atoms in total. The van der Waals surface area contributed by atoms with Crippen LogP contribution in [0.5, 0.6) is 5.75 Å². The average Bonchev–Trinajstić information content (AvgIpc) is 3.44. The van der Waals surface area contributed by atoms with Gasteiger partial charge in [0.05, 0.1) is 12.2 Å². The van der Waals surface area contributed by atoms with Gasteiger partial charge in [0.15, 0.2) is 11.4 Å². The van der Waals surface area contributed by atoms with E-state index in [9.17, 15) is 22.4 Å². The summed E-state index contributed by atoms with van der Waals surface area (Å²) in [5, 5.41) is 13.3. The van der Waals surface area contributed by atoms with Gasteiger partial charge in [-0.25, -0.2) is 9.07 Å². The number of hydrogen-bond acceptors (Lipinski definition) is 5. The summed E-state index contributed by atoms with van der Waals surface area (Å²) in [5.41, 5.74) is -2.18. The van der Waals surface area contributed by atoms with Crippen molar-refractivity contribution in [1.82, 2.24) is 24.8 Å². The van der Waals surface area contributed by atoms with Gasteiger partial charge >= 0.3 is 6.18 Å². The molecule has 0 atom stereocenters. The van der Waals surface area contributed by atoms with Gasteiger partial charge in [0.1, 0.15) is 18.2 Å². The first-order valence-electron chi connectivity index (χ1n) is 9.62. The maximum Gasteiger partial charge on any atom is 0.435 e. The van der Waals surface area contributed by atoms with Crippen LogP contribution in [-0.2, 0) is 12.7 Å². The molecule has 0 fully saturated rings. The minimum absolute atomic E-state index is 0.0946. The first kappa shape index (κ1) is 22.0. The molecule has 1 amide bonds. The molecule has 0 aliphatic heterocycles. The number of alkyl halides is 3. The lowest BCUT2D eigenvalue weighted by Gasteiger charge is -2.12. The monoisotopic (exact) mass is 460 g/mol. The van der Waals surface area contributed by atoms with E-state index < -0.39 is 29.3 Å². The van der Waals surface area contributed by atoms with E-state index in [0.717, 1.165) is 24.3 Å². The Morgan fingerprint density at radius 1 is 1.09 bits per heavy atom. The summed E-state index contributed by atoms with van der Waals surface area (Å²) in [6.45, 7) is 0.786. The Hall–Kier alpha value is -4.22. The first-order chi connectivity index (χ1) is 15.8. The Morgan fingerprint density at radius 2 is 1.88 bits per heavy atom. The smallest absolute Gasteiger partial charge is 0.435 e. The molecule has 2 aromatic carbocycles. The number of halogens is 4. The molecule has 4 aromatic rings. The van der Waals surface area contributed by atoms with E-state index in [1.165, 1.54) is 12.1 Å². The summed E-state index contributed by atoms with van der Waals surface area (Å²) in [6.07, 6.45) is -1.53. The molecule has 0 saturated carbocycles. The number of nitrogens with zero attached hydrogens (tertiary/aromatic N) is 5. The third kappa shape index (κ3) is 5.17. The van der Waals surface area contributed by atoms with Crippen LogP contribution >= 0.6 is 0 Å². The fraction of sp³-hybridized carbons (Fsp3) is 0.143. The van der Waals surface area contributed by atoms with Gasteiger partial charge in [0.25, 0.3) is 5.91 Å². The van der Waals surface area contributed by atoms with Crippen molar-refractivity contribution in [2.45, 2.75) is 12.7 Å². The van der Waals surface area contributed by atoms with Gasteiger partial charge in [-0.3, -0.25) is 9.48 Å². The molecule has 0 aliphatic carbocycles. The zero-order valence-corrected chi connectivity index (χ0v) is 16.8. The average molecular weight is 460 g/mol. The third-order valence-electron chi connectivity index (χ3n) is 4.47. The second-order valence-electron chi connectivity index (χ2n) is 6.77. The number of amides is 1. The molecule has 33 heavy (non-hydrogen) atoms. The second-order valence-corrected chi connectivity index (χ2v) is 6.77. The molecule has 0 bridgehead atoms. The van der Waals surface area contributed by atoms with Crippen molar-refractivity contribution in [2.75, 3.05) is 11.9 Å². The Kier molecular flexibility index (Phi) is 6.07. The van der Waals surface area contributed by atoms with Crippen molar-refractivity contribution < 1.29 is 27.1 Å². The number of carbonyl (C=O) groups is 1. The fourth-order valence-electron chi connectivity index (χ4n) is 3.00. The van der Waals surface area contributed by atoms with Crippen molar-refractivity contribution >= 4 is 11.6 Å². The minimum Gasteiger partial charge on any atom is -0.492 e. The molecule has 12 heteroatoms. The number of anilines is 1. The van der Waals surface area contributed by atoms with Crippen LogP contribution in [0.15, 0.2) is 67.0 Å². The van der Waals surface area contributed by atoms with E-state index >= 15 is 0 Å². The third-order valence-corrected chi connectivity index (χ3v) is 4.47. The van der Waals surface area contributed by atoms with Gasteiger partial charge < -0.3 is 10.1 Å². The largest absolute Gasteiger partial charge is 0.492 e. The standard InChI is InChI=1S/C21H16F4N6O2/c22-14-5-7-16(8-6-14)31-19(21(23,24)25)18(28-29-31)20(32)27-15-3-1-4-17(13-15)33-12-11-30-10-2-9-26-30/h1-10,13H,11-12H2,(H,27,32). The Morgan fingerprint density at radius 3 is 2.58 bits per heavy atom. The number of rotatable bonds is 7. The highest BCUT2D eigenvalue weighted by atomic mass is 19.4. The van der Waals surface area contributed by atoms with Crippen molar-refractivity contribution in [3.05, 3.63) is 84.2 Å². The highest BCUT2D eigenvalue weighted by molar-refractivity contribution is 6.03. The number of ether oxygens (including phenoxy) is 1. The van der Waals surface area contributed by atoms with Crippen molar-refractivity contribution in [2.24, 2.45) is 0 Å².